The molecule has 0 aliphatic carbocycles. The third kappa shape index (κ3) is 3.32. The topological polar surface area (TPSA) is 64.9 Å². The molecule has 0 unspecified atom stereocenters. The Kier molecular flexibility index (Phi) is 4.93. The van der Waals surface area contributed by atoms with Crippen LogP contribution in [0.3, 0.4) is 0 Å². The Morgan fingerprint density at radius 3 is 2.92 bits per heavy atom. The zero-order chi connectivity index (χ0) is 16.9. The Balaban J connectivity index is 1.99. The van der Waals surface area contributed by atoms with E-state index in [0.29, 0.717) is 6.54 Å². The van der Waals surface area contributed by atoms with Gasteiger partial charge >= 0.3 is 0 Å². The summed E-state index contributed by atoms with van der Waals surface area (Å²) in [4.78, 5) is 13.6. The molecule has 0 aliphatic rings. The van der Waals surface area contributed by atoms with Crippen LogP contribution in [0.5, 0.6) is 5.75 Å². The largest absolute Gasteiger partial charge is 0.495 e. The van der Waals surface area contributed by atoms with E-state index >= 15 is 0 Å². The standard InChI is InChI=1S/C18H23N5O/c1-4-5-9-20-18-17-14(21-13(2)22-18)8-11-23(17)12-15-16(24-3)7-6-10-19-15/h6-8,10-11H,4-5,9,12H2,1-3H3,(H,20,21,22). The summed E-state index contributed by atoms with van der Waals surface area (Å²) in [6.07, 6.45) is 6.06. The van der Waals surface area contributed by atoms with Gasteiger partial charge in [-0.15, -0.1) is 0 Å². The van der Waals surface area contributed by atoms with Crippen LogP contribution in [0.15, 0.2) is 30.6 Å². The number of unbranched alkanes of at least 4 members (excludes halogenated alkanes) is 1. The van der Waals surface area contributed by atoms with Crippen molar-refractivity contribution in [2.75, 3.05) is 19.0 Å². The molecule has 0 fully saturated rings. The lowest BCUT2D eigenvalue weighted by Gasteiger charge is -2.12. The third-order valence-corrected chi connectivity index (χ3v) is 3.93. The molecule has 0 aliphatic heterocycles. The van der Waals surface area contributed by atoms with Crippen molar-refractivity contribution in [2.24, 2.45) is 0 Å². The van der Waals surface area contributed by atoms with Crippen LogP contribution >= 0.6 is 0 Å². The first-order chi connectivity index (χ1) is 11.7. The van der Waals surface area contributed by atoms with E-state index in [4.69, 9.17) is 4.74 Å². The summed E-state index contributed by atoms with van der Waals surface area (Å²) in [6, 6.07) is 5.82. The van der Waals surface area contributed by atoms with Gasteiger partial charge in [-0.1, -0.05) is 13.3 Å². The van der Waals surface area contributed by atoms with E-state index in [1.54, 1.807) is 13.3 Å². The zero-order valence-corrected chi connectivity index (χ0v) is 14.4. The SMILES string of the molecule is CCCCNc1nc(C)nc2ccn(Cc3ncccc3OC)c12. The molecule has 0 bridgehead atoms. The van der Waals surface area contributed by atoms with Crippen molar-refractivity contribution in [3.8, 4) is 5.75 Å². The first-order valence-electron chi connectivity index (χ1n) is 8.28. The summed E-state index contributed by atoms with van der Waals surface area (Å²) < 4.78 is 7.53. The fourth-order valence-corrected chi connectivity index (χ4v) is 2.75. The molecule has 6 heteroatoms. The van der Waals surface area contributed by atoms with Gasteiger partial charge < -0.3 is 14.6 Å². The van der Waals surface area contributed by atoms with E-state index in [0.717, 1.165) is 53.5 Å². The fourth-order valence-electron chi connectivity index (χ4n) is 2.75. The minimum atomic E-state index is 0.613. The predicted molar refractivity (Wildman–Crippen MR) is 95.6 cm³/mol. The number of ether oxygens (including phenoxy) is 1. The van der Waals surface area contributed by atoms with Gasteiger partial charge in [0.05, 0.1) is 19.2 Å². The van der Waals surface area contributed by atoms with Crippen LogP contribution in [0.2, 0.25) is 0 Å². The molecule has 1 N–H and O–H groups in total. The second kappa shape index (κ2) is 7.29. The van der Waals surface area contributed by atoms with Gasteiger partial charge in [-0.2, -0.15) is 0 Å². The van der Waals surface area contributed by atoms with Gasteiger partial charge in [-0.05, 0) is 31.5 Å². The number of anilines is 1. The van der Waals surface area contributed by atoms with Crippen LogP contribution < -0.4 is 10.1 Å². The average molecular weight is 325 g/mol. The van der Waals surface area contributed by atoms with Gasteiger partial charge in [0.1, 0.15) is 22.8 Å². The van der Waals surface area contributed by atoms with Crippen molar-refractivity contribution in [1.29, 1.82) is 0 Å². The number of pyridine rings is 1. The lowest BCUT2D eigenvalue weighted by atomic mass is 10.3. The number of nitrogens with one attached hydrogen (secondary N) is 1. The lowest BCUT2D eigenvalue weighted by molar-refractivity contribution is 0.405. The molecule has 0 atom stereocenters. The number of methoxy groups -OCH3 is 1. The summed E-state index contributed by atoms with van der Waals surface area (Å²) in [5, 5.41) is 3.45. The number of hydrogen-bond donors (Lipinski definition) is 1. The molecule has 0 spiro atoms. The molecule has 0 amide bonds. The molecular formula is C18H23N5O. The summed E-state index contributed by atoms with van der Waals surface area (Å²) >= 11 is 0. The normalized spacial score (nSPS) is 11.0. The molecule has 6 nitrogen and oxygen atoms in total. The summed E-state index contributed by atoms with van der Waals surface area (Å²) in [5.74, 6) is 2.44. The molecule has 3 aromatic heterocycles. The molecule has 3 heterocycles. The maximum Gasteiger partial charge on any atom is 0.154 e. The van der Waals surface area contributed by atoms with Gasteiger partial charge in [-0.3, -0.25) is 4.98 Å². The lowest BCUT2D eigenvalue weighted by Crippen LogP contribution is -2.09. The molecule has 3 aromatic rings. The Labute approximate surface area is 141 Å². The van der Waals surface area contributed by atoms with Crippen molar-refractivity contribution in [1.82, 2.24) is 19.5 Å². The number of nitrogens with zero attached hydrogens (tertiary/aromatic N) is 4. The monoisotopic (exact) mass is 325 g/mol. The number of hydrogen-bond acceptors (Lipinski definition) is 5. The Hall–Kier alpha value is -2.63. The molecule has 0 radical (unpaired) electrons. The van der Waals surface area contributed by atoms with Crippen molar-refractivity contribution in [2.45, 2.75) is 33.2 Å². The number of aryl methyl sites for hydroxylation is 1. The Bertz CT molecular complexity index is 827. The van der Waals surface area contributed by atoms with E-state index in [9.17, 15) is 0 Å². The highest BCUT2D eigenvalue weighted by Crippen LogP contribution is 2.24. The van der Waals surface area contributed by atoms with Crippen molar-refractivity contribution >= 4 is 16.9 Å². The van der Waals surface area contributed by atoms with Crippen LogP contribution in [-0.2, 0) is 6.54 Å². The minimum absolute atomic E-state index is 0.613. The van der Waals surface area contributed by atoms with E-state index in [-0.39, 0.29) is 0 Å². The summed E-state index contributed by atoms with van der Waals surface area (Å²) in [5.41, 5.74) is 2.83. The van der Waals surface area contributed by atoms with Gasteiger partial charge in [0.25, 0.3) is 0 Å². The highest BCUT2D eigenvalue weighted by Gasteiger charge is 2.13. The van der Waals surface area contributed by atoms with E-state index in [1.165, 1.54) is 0 Å². The smallest absolute Gasteiger partial charge is 0.154 e. The average Bonchev–Trinajstić information content (AvgIpc) is 2.98. The summed E-state index contributed by atoms with van der Waals surface area (Å²) in [7, 11) is 1.67. The predicted octanol–water partition coefficient (Wildman–Crippen LogP) is 3.40. The molecule has 126 valence electrons. The van der Waals surface area contributed by atoms with Crippen molar-refractivity contribution < 1.29 is 4.74 Å². The zero-order valence-electron chi connectivity index (χ0n) is 14.4. The van der Waals surface area contributed by atoms with E-state index < -0.39 is 0 Å². The maximum atomic E-state index is 5.41. The van der Waals surface area contributed by atoms with Crippen LogP contribution in [0, 0.1) is 6.92 Å². The highest BCUT2D eigenvalue weighted by molar-refractivity contribution is 5.86. The van der Waals surface area contributed by atoms with Crippen LogP contribution in [0.1, 0.15) is 31.3 Å². The number of fused-ring (bicyclic) bond motifs is 1. The quantitative estimate of drug-likeness (QED) is 0.674. The first-order valence-corrected chi connectivity index (χ1v) is 8.28. The Morgan fingerprint density at radius 2 is 2.12 bits per heavy atom. The minimum Gasteiger partial charge on any atom is -0.495 e. The van der Waals surface area contributed by atoms with Crippen LogP contribution in [0.25, 0.3) is 11.0 Å². The van der Waals surface area contributed by atoms with E-state index in [1.807, 2.05) is 31.3 Å². The van der Waals surface area contributed by atoms with Crippen LogP contribution in [0.4, 0.5) is 5.82 Å². The van der Waals surface area contributed by atoms with Gasteiger partial charge in [0, 0.05) is 18.9 Å². The molecule has 0 saturated carbocycles. The molecule has 0 saturated heterocycles. The number of aromatic nitrogens is 4. The number of rotatable bonds is 7. The van der Waals surface area contributed by atoms with Gasteiger partial charge in [0.15, 0.2) is 5.82 Å². The molecular weight excluding hydrogens is 302 g/mol. The van der Waals surface area contributed by atoms with Gasteiger partial charge in [0.2, 0.25) is 0 Å². The first kappa shape index (κ1) is 16.2. The second-order valence-corrected chi connectivity index (χ2v) is 5.73. The fraction of sp³-hybridized carbons (Fsp3) is 0.389. The van der Waals surface area contributed by atoms with Crippen molar-refractivity contribution in [3.05, 3.63) is 42.1 Å². The van der Waals surface area contributed by atoms with E-state index in [2.05, 4.69) is 31.8 Å². The summed E-state index contributed by atoms with van der Waals surface area (Å²) in [6.45, 7) is 5.62. The third-order valence-electron chi connectivity index (χ3n) is 3.93. The van der Waals surface area contributed by atoms with Crippen LogP contribution in [-0.4, -0.2) is 33.2 Å². The Morgan fingerprint density at radius 1 is 1.25 bits per heavy atom. The van der Waals surface area contributed by atoms with Crippen molar-refractivity contribution in [3.63, 3.8) is 0 Å². The molecule has 3 rings (SSSR count). The highest BCUT2D eigenvalue weighted by atomic mass is 16.5. The van der Waals surface area contributed by atoms with Gasteiger partial charge in [-0.25, -0.2) is 9.97 Å². The maximum absolute atomic E-state index is 5.41. The second-order valence-electron chi connectivity index (χ2n) is 5.73. The molecule has 24 heavy (non-hydrogen) atoms. The molecule has 0 aromatic carbocycles.